The van der Waals surface area contributed by atoms with E-state index in [-0.39, 0.29) is 35.4 Å². The molecule has 1 aliphatic rings. The molecule has 1 aromatic carbocycles. The van der Waals surface area contributed by atoms with Gasteiger partial charge in [-0.3, -0.25) is 19.7 Å². The molecule has 0 bridgehead atoms. The monoisotopic (exact) mass is 308 g/mol. The molecule has 0 unspecified atom stereocenters. The van der Waals surface area contributed by atoms with Gasteiger partial charge < -0.3 is 14.7 Å². The van der Waals surface area contributed by atoms with Crippen LogP contribution in [-0.4, -0.2) is 47.0 Å². The largest absolute Gasteiger partial charge is 0.490 e. The molecular weight excluding hydrogens is 292 g/mol. The summed E-state index contributed by atoms with van der Waals surface area (Å²) in [6.07, 6.45) is 0. The summed E-state index contributed by atoms with van der Waals surface area (Å²) in [4.78, 5) is 35.2. The molecule has 1 aliphatic heterocycles. The molecule has 1 heterocycles. The highest BCUT2D eigenvalue weighted by Gasteiger charge is 2.37. The Morgan fingerprint density at radius 1 is 1.41 bits per heavy atom. The van der Waals surface area contributed by atoms with Crippen molar-refractivity contribution in [1.29, 1.82) is 0 Å². The number of nitro benzene ring substituents is 1. The number of benzene rings is 1. The topological polar surface area (TPSA) is 110 Å². The third-order valence-electron chi connectivity index (χ3n) is 3.84. The van der Waals surface area contributed by atoms with Gasteiger partial charge in [-0.1, -0.05) is 6.92 Å². The van der Waals surface area contributed by atoms with Gasteiger partial charge in [-0.15, -0.1) is 0 Å². The first-order valence-electron chi connectivity index (χ1n) is 6.69. The lowest BCUT2D eigenvalue weighted by Gasteiger charge is -2.16. The van der Waals surface area contributed by atoms with Crippen LogP contribution in [0.1, 0.15) is 17.3 Å². The number of hydrogen-bond acceptors (Lipinski definition) is 5. The van der Waals surface area contributed by atoms with Crippen molar-refractivity contribution in [2.45, 2.75) is 6.92 Å². The van der Waals surface area contributed by atoms with Crippen LogP contribution in [0.3, 0.4) is 0 Å². The molecule has 1 N–H and O–H groups in total. The molecule has 8 heteroatoms. The number of nitrogens with zero attached hydrogens (tertiary/aromatic N) is 2. The van der Waals surface area contributed by atoms with E-state index in [1.54, 1.807) is 6.92 Å². The van der Waals surface area contributed by atoms with Crippen LogP contribution >= 0.6 is 0 Å². The Kier molecular flexibility index (Phi) is 4.30. The van der Waals surface area contributed by atoms with Gasteiger partial charge in [-0.2, -0.15) is 0 Å². The van der Waals surface area contributed by atoms with Crippen LogP contribution in [-0.2, 0) is 4.79 Å². The normalized spacial score (nSPS) is 20.7. The summed E-state index contributed by atoms with van der Waals surface area (Å²) in [5.41, 5.74) is 0.0120. The highest BCUT2D eigenvalue weighted by Crippen LogP contribution is 2.30. The molecule has 22 heavy (non-hydrogen) atoms. The summed E-state index contributed by atoms with van der Waals surface area (Å²) >= 11 is 0. The predicted molar refractivity (Wildman–Crippen MR) is 75.8 cm³/mol. The molecule has 1 saturated heterocycles. The van der Waals surface area contributed by atoms with Crippen LogP contribution in [0.25, 0.3) is 0 Å². The van der Waals surface area contributed by atoms with Gasteiger partial charge in [0.1, 0.15) is 0 Å². The fraction of sp³-hybridized carbons (Fsp3) is 0.429. The highest BCUT2D eigenvalue weighted by molar-refractivity contribution is 5.95. The van der Waals surface area contributed by atoms with Gasteiger partial charge in [-0.05, 0) is 12.0 Å². The van der Waals surface area contributed by atoms with Crippen LogP contribution in [0, 0.1) is 22.0 Å². The van der Waals surface area contributed by atoms with E-state index < -0.39 is 16.8 Å². The predicted octanol–water partition coefficient (Wildman–Crippen LogP) is 1.40. The maximum atomic E-state index is 12.4. The number of hydrogen-bond donors (Lipinski definition) is 1. The number of likely N-dealkylation sites (tertiary alicyclic amines) is 1. The van der Waals surface area contributed by atoms with Crippen molar-refractivity contribution in [2.75, 3.05) is 20.2 Å². The zero-order chi connectivity index (χ0) is 16.4. The number of aliphatic carboxylic acids is 1. The quantitative estimate of drug-likeness (QED) is 0.665. The lowest BCUT2D eigenvalue weighted by molar-refractivity contribution is -0.385. The minimum absolute atomic E-state index is 0.00196. The van der Waals surface area contributed by atoms with Crippen molar-refractivity contribution in [3.8, 4) is 5.75 Å². The number of carboxylic acid groups (broad SMARTS) is 1. The van der Waals surface area contributed by atoms with Crippen LogP contribution in [0.15, 0.2) is 18.2 Å². The molecule has 118 valence electrons. The van der Waals surface area contributed by atoms with E-state index in [1.807, 2.05) is 0 Å². The second-order valence-electron chi connectivity index (χ2n) is 5.28. The molecule has 2 rings (SSSR count). The second kappa shape index (κ2) is 6.00. The van der Waals surface area contributed by atoms with Crippen LogP contribution in [0.5, 0.6) is 5.75 Å². The highest BCUT2D eigenvalue weighted by atomic mass is 16.6. The van der Waals surface area contributed by atoms with E-state index in [0.717, 1.165) is 0 Å². The van der Waals surface area contributed by atoms with Gasteiger partial charge in [0.25, 0.3) is 5.91 Å². The molecule has 0 saturated carbocycles. The van der Waals surface area contributed by atoms with Crippen LogP contribution < -0.4 is 4.74 Å². The molecule has 2 atom stereocenters. The fourth-order valence-electron chi connectivity index (χ4n) is 2.60. The Bertz CT molecular complexity index is 630. The fourth-order valence-corrected chi connectivity index (χ4v) is 2.60. The third-order valence-corrected chi connectivity index (χ3v) is 3.84. The van der Waals surface area contributed by atoms with E-state index in [4.69, 9.17) is 9.84 Å². The molecule has 1 amide bonds. The minimum atomic E-state index is -0.927. The van der Waals surface area contributed by atoms with Gasteiger partial charge >= 0.3 is 11.7 Å². The molecule has 1 fully saturated rings. The average Bonchev–Trinajstić information content (AvgIpc) is 2.87. The van der Waals surface area contributed by atoms with Crippen molar-refractivity contribution in [2.24, 2.45) is 11.8 Å². The number of nitro groups is 1. The lowest BCUT2D eigenvalue weighted by atomic mass is 9.99. The third kappa shape index (κ3) is 2.85. The zero-order valence-electron chi connectivity index (χ0n) is 12.2. The van der Waals surface area contributed by atoms with E-state index in [9.17, 15) is 19.7 Å². The average molecular weight is 308 g/mol. The number of ether oxygens (including phenoxy) is 1. The maximum Gasteiger partial charge on any atom is 0.310 e. The standard InChI is InChI=1S/C14H16N2O6/c1-8-6-15(7-10(8)14(18)19)13(17)9-3-4-11(16(20)21)12(5-9)22-2/h3-5,8,10H,6-7H2,1-2H3,(H,18,19)/t8-,10-/m1/s1. The van der Waals surface area contributed by atoms with Gasteiger partial charge in [0.2, 0.25) is 0 Å². The number of rotatable bonds is 4. The molecule has 0 aliphatic carbocycles. The Morgan fingerprint density at radius 2 is 2.09 bits per heavy atom. The first kappa shape index (κ1) is 15.7. The molecule has 8 nitrogen and oxygen atoms in total. The van der Waals surface area contributed by atoms with Crippen molar-refractivity contribution in [1.82, 2.24) is 4.90 Å². The lowest BCUT2D eigenvalue weighted by Crippen LogP contribution is -2.29. The van der Waals surface area contributed by atoms with Crippen LogP contribution in [0.2, 0.25) is 0 Å². The molecule has 0 spiro atoms. The first-order chi connectivity index (χ1) is 10.3. The summed E-state index contributed by atoms with van der Waals surface area (Å²) in [7, 11) is 1.29. The maximum absolute atomic E-state index is 12.4. The number of carbonyl (C=O) groups excluding carboxylic acids is 1. The number of methoxy groups -OCH3 is 1. The molecular formula is C14H16N2O6. The van der Waals surface area contributed by atoms with Gasteiger partial charge in [0.15, 0.2) is 5.75 Å². The smallest absolute Gasteiger partial charge is 0.310 e. The summed E-state index contributed by atoms with van der Waals surface area (Å²) in [6.45, 7) is 2.26. The van der Waals surface area contributed by atoms with Crippen molar-refractivity contribution in [3.05, 3.63) is 33.9 Å². The van der Waals surface area contributed by atoms with E-state index in [2.05, 4.69) is 0 Å². The Balaban J connectivity index is 2.24. The SMILES string of the molecule is COc1cc(C(=O)N2C[C@@H](C)[C@H](C(=O)O)C2)ccc1[N+](=O)[O-]. The Morgan fingerprint density at radius 3 is 2.59 bits per heavy atom. The van der Waals surface area contributed by atoms with Gasteiger partial charge in [0, 0.05) is 30.8 Å². The molecule has 0 radical (unpaired) electrons. The number of carboxylic acids is 1. The van der Waals surface area contributed by atoms with Crippen molar-refractivity contribution < 1.29 is 24.4 Å². The van der Waals surface area contributed by atoms with Crippen LogP contribution in [0.4, 0.5) is 5.69 Å². The summed E-state index contributed by atoms with van der Waals surface area (Å²) in [5, 5.41) is 19.9. The van der Waals surface area contributed by atoms with E-state index in [0.29, 0.717) is 6.54 Å². The summed E-state index contributed by atoms with van der Waals surface area (Å²) in [6, 6.07) is 3.86. The van der Waals surface area contributed by atoms with E-state index >= 15 is 0 Å². The van der Waals surface area contributed by atoms with Gasteiger partial charge in [0.05, 0.1) is 18.0 Å². The van der Waals surface area contributed by atoms with Crippen molar-refractivity contribution >= 4 is 17.6 Å². The molecule has 0 aromatic heterocycles. The first-order valence-corrected chi connectivity index (χ1v) is 6.69. The number of amides is 1. The second-order valence-corrected chi connectivity index (χ2v) is 5.28. The Hall–Kier alpha value is -2.64. The zero-order valence-corrected chi connectivity index (χ0v) is 12.2. The minimum Gasteiger partial charge on any atom is -0.490 e. The summed E-state index contributed by atoms with van der Waals surface area (Å²) in [5.74, 6) is -2.02. The van der Waals surface area contributed by atoms with Crippen molar-refractivity contribution in [3.63, 3.8) is 0 Å². The molecule has 1 aromatic rings. The summed E-state index contributed by atoms with van der Waals surface area (Å²) < 4.78 is 4.93. The Labute approximate surface area is 126 Å². The van der Waals surface area contributed by atoms with Gasteiger partial charge in [-0.25, -0.2) is 0 Å². The number of carbonyl (C=O) groups is 2. The van der Waals surface area contributed by atoms with E-state index in [1.165, 1.54) is 30.2 Å².